The number of benzene rings is 2. The first kappa shape index (κ1) is 12.9. The summed E-state index contributed by atoms with van der Waals surface area (Å²) in [6, 6.07) is 12.2. The van der Waals surface area contributed by atoms with Crippen LogP contribution in [0.4, 0.5) is 10.1 Å². The predicted molar refractivity (Wildman–Crippen MR) is 74.4 cm³/mol. The molecule has 1 N–H and O–H groups in total. The van der Waals surface area contributed by atoms with Gasteiger partial charge in [0, 0.05) is 12.2 Å². The SMILES string of the molecule is COc1ccc(NCc2ccc(F)cc2)cc1Br. The lowest BCUT2D eigenvalue weighted by Crippen LogP contribution is -1.99. The van der Waals surface area contributed by atoms with Crippen LogP contribution in [-0.4, -0.2) is 7.11 Å². The summed E-state index contributed by atoms with van der Waals surface area (Å²) in [5, 5.41) is 3.26. The normalized spacial score (nSPS) is 10.2. The first-order valence-electron chi connectivity index (χ1n) is 5.51. The smallest absolute Gasteiger partial charge is 0.133 e. The van der Waals surface area contributed by atoms with Crippen molar-refractivity contribution in [3.05, 3.63) is 58.3 Å². The van der Waals surface area contributed by atoms with Gasteiger partial charge in [0.05, 0.1) is 11.6 Å². The second-order valence-corrected chi connectivity index (χ2v) is 4.68. The number of anilines is 1. The first-order chi connectivity index (χ1) is 8.69. The second kappa shape index (κ2) is 5.87. The Bertz CT molecular complexity index is 528. The summed E-state index contributed by atoms with van der Waals surface area (Å²) in [6.45, 7) is 0.652. The summed E-state index contributed by atoms with van der Waals surface area (Å²) in [7, 11) is 1.63. The second-order valence-electron chi connectivity index (χ2n) is 3.83. The molecule has 0 bridgehead atoms. The average molecular weight is 310 g/mol. The van der Waals surface area contributed by atoms with Gasteiger partial charge in [-0.15, -0.1) is 0 Å². The molecule has 2 aromatic carbocycles. The van der Waals surface area contributed by atoms with Gasteiger partial charge in [0.15, 0.2) is 0 Å². The molecular formula is C14H13BrFNO. The Kier molecular flexibility index (Phi) is 4.20. The van der Waals surface area contributed by atoms with Crippen LogP contribution in [0.2, 0.25) is 0 Å². The molecule has 0 heterocycles. The summed E-state index contributed by atoms with van der Waals surface area (Å²) in [4.78, 5) is 0. The average Bonchev–Trinajstić information content (AvgIpc) is 2.38. The third-order valence-corrected chi connectivity index (χ3v) is 3.18. The highest BCUT2D eigenvalue weighted by molar-refractivity contribution is 9.10. The molecule has 0 atom stereocenters. The topological polar surface area (TPSA) is 21.3 Å². The van der Waals surface area contributed by atoms with Crippen molar-refractivity contribution in [1.29, 1.82) is 0 Å². The van der Waals surface area contributed by atoms with E-state index in [1.807, 2.05) is 18.2 Å². The maximum absolute atomic E-state index is 12.7. The van der Waals surface area contributed by atoms with Gasteiger partial charge in [-0.3, -0.25) is 0 Å². The van der Waals surface area contributed by atoms with Crippen LogP contribution >= 0.6 is 15.9 Å². The molecule has 0 saturated carbocycles. The molecule has 4 heteroatoms. The van der Waals surface area contributed by atoms with Gasteiger partial charge in [-0.1, -0.05) is 12.1 Å². The molecule has 2 aromatic rings. The minimum Gasteiger partial charge on any atom is -0.496 e. The molecule has 0 aliphatic carbocycles. The van der Waals surface area contributed by atoms with Crippen molar-refractivity contribution in [2.45, 2.75) is 6.54 Å². The highest BCUT2D eigenvalue weighted by Crippen LogP contribution is 2.27. The molecule has 0 aliphatic heterocycles. The van der Waals surface area contributed by atoms with Crippen molar-refractivity contribution in [3.63, 3.8) is 0 Å². The van der Waals surface area contributed by atoms with E-state index < -0.39 is 0 Å². The van der Waals surface area contributed by atoms with Crippen LogP contribution in [0.1, 0.15) is 5.56 Å². The number of ether oxygens (including phenoxy) is 1. The Morgan fingerprint density at radius 2 is 1.89 bits per heavy atom. The van der Waals surface area contributed by atoms with Crippen LogP contribution in [-0.2, 0) is 6.54 Å². The summed E-state index contributed by atoms with van der Waals surface area (Å²) in [5.41, 5.74) is 2.01. The monoisotopic (exact) mass is 309 g/mol. The fraction of sp³-hybridized carbons (Fsp3) is 0.143. The summed E-state index contributed by atoms with van der Waals surface area (Å²) in [6.07, 6.45) is 0. The number of halogens is 2. The Balaban J connectivity index is 2.02. The van der Waals surface area contributed by atoms with Gasteiger partial charge < -0.3 is 10.1 Å². The fourth-order valence-corrected chi connectivity index (χ4v) is 2.12. The number of nitrogens with one attached hydrogen (secondary N) is 1. The lowest BCUT2D eigenvalue weighted by atomic mass is 10.2. The number of hydrogen-bond acceptors (Lipinski definition) is 2. The molecule has 2 rings (SSSR count). The van der Waals surface area contributed by atoms with E-state index in [0.29, 0.717) is 6.54 Å². The van der Waals surface area contributed by atoms with Crippen LogP contribution in [0.5, 0.6) is 5.75 Å². The van der Waals surface area contributed by atoms with Gasteiger partial charge in [-0.05, 0) is 51.8 Å². The lowest BCUT2D eigenvalue weighted by molar-refractivity contribution is 0.412. The van der Waals surface area contributed by atoms with E-state index in [1.165, 1.54) is 12.1 Å². The van der Waals surface area contributed by atoms with Gasteiger partial charge in [0.1, 0.15) is 11.6 Å². The van der Waals surface area contributed by atoms with E-state index in [2.05, 4.69) is 21.2 Å². The third-order valence-electron chi connectivity index (χ3n) is 2.56. The zero-order chi connectivity index (χ0) is 13.0. The molecule has 0 aromatic heterocycles. The van der Waals surface area contributed by atoms with Gasteiger partial charge in [-0.2, -0.15) is 0 Å². The molecular weight excluding hydrogens is 297 g/mol. The fourth-order valence-electron chi connectivity index (χ4n) is 1.58. The van der Waals surface area contributed by atoms with Gasteiger partial charge in [0.2, 0.25) is 0 Å². The molecule has 2 nitrogen and oxygen atoms in total. The summed E-state index contributed by atoms with van der Waals surface area (Å²) < 4.78 is 18.8. The van der Waals surface area contributed by atoms with E-state index in [0.717, 1.165) is 21.5 Å². The standard InChI is InChI=1S/C14H13BrFNO/c1-18-14-7-6-12(8-13(14)15)17-9-10-2-4-11(16)5-3-10/h2-8,17H,9H2,1H3. The largest absolute Gasteiger partial charge is 0.496 e. The van der Waals surface area contributed by atoms with Crippen molar-refractivity contribution in [1.82, 2.24) is 0 Å². The number of hydrogen-bond donors (Lipinski definition) is 1. The number of methoxy groups -OCH3 is 1. The van der Waals surface area contributed by atoms with Crippen LogP contribution < -0.4 is 10.1 Å². The van der Waals surface area contributed by atoms with Gasteiger partial charge in [-0.25, -0.2) is 4.39 Å². The highest BCUT2D eigenvalue weighted by atomic mass is 79.9. The van der Waals surface area contributed by atoms with Crippen LogP contribution in [0.15, 0.2) is 46.9 Å². The zero-order valence-corrected chi connectivity index (χ0v) is 11.5. The quantitative estimate of drug-likeness (QED) is 0.913. The highest BCUT2D eigenvalue weighted by Gasteiger charge is 2.01. The van der Waals surface area contributed by atoms with Crippen molar-refractivity contribution >= 4 is 21.6 Å². The Labute approximate surface area is 114 Å². The minimum atomic E-state index is -0.217. The first-order valence-corrected chi connectivity index (χ1v) is 6.30. The molecule has 0 aliphatic rings. The summed E-state index contributed by atoms with van der Waals surface area (Å²) >= 11 is 3.43. The molecule has 0 radical (unpaired) electrons. The molecule has 0 spiro atoms. The van der Waals surface area contributed by atoms with E-state index in [1.54, 1.807) is 19.2 Å². The molecule has 0 amide bonds. The zero-order valence-electron chi connectivity index (χ0n) is 9.91. The van der Waals surface area contributed by atoms with Crippen LogP contribution in [0, 0.1) is 5.82 Å². The van der Waals surface area contributed by atoms with E-state index in [9.17, 15) is 4.39 Å². The number of rotatable bonds is 4. The van der Waals surface area contributed by atoms with Crippen LogP contribution in [0.25, 0.3) is 0 Å². The predicted octanol–water partition coefficient (Wildman–Crippen LogP) is 4.21. The van der Waals surface area contributed by atoms with Crippen molar-refractivity contribution < 1.29 is 9.13 Å². The Morgan fingerprint density at radius 1 is 1.17 bits per heavy atom. The lowest BCUT2D eigenvalue weighted by Gasteiger charge is -2.09. The van der Waals surface area contributed by atoms with E-state index in [4.69, 9.17) is 4.74 Å². The summed E-state index contributed by atoms with van der Waals surface area (Å²) in [5.74, 6) is 0.577. The maximum atomic E-state index is 12.7. The van der Waals surface area contributed by atoms with Gasteiger partial charge >= 0.3 is 0 Å². The van der Waals surface area contributed by atoms with Crippen molar-refractivity contribution in [2.24, 2.45) is 0 Å². The van der Waals surface area contributed by atoms with Crippen molar-refractivity contribution in [2.75, 3.05) is 12.4 Å². The van der Waals surface area contributed by atoms with Crippen molar-refractivity contribution in [3.8, 4) is 5.75 Å². The Hall–Kier alpha value is -1.55. The Morgan fingerprint density at radius 3 is 2.50 bits per heavy atom. The molecule has 18 heavy (non-hydrogen) atoms. The molecule has 0 unspecified atom stereocenters. The van der Waals surface area contributed by atoms with E-state index >= 15 is 0 Å². The minimum absolute atomic E-state index is 0.217. The third kappa shape index (κ3) is 3.23. The van der Waals surface area contributed by atoms with Crippen LogP contribution in [0.3, 0.4) is 0 Å². The van der Waals surface area contributed by atoms with E-state index in [-0.39, 0.29) is 5.82 Å². The van der Waals surface area contributed by atoms with Gasteiger partial charge in [0.25, 0.3) is 0 Å². The molecule has 0 saturated heterocycles. The molecule has 0 fully saturated rings. The molecule has 94 valence electrons. The maximum Gasteiger partial charge on any atom is 0.133 e.